The highest BCUT2D eigenvalue weighted by molar-refractivity contribution is 7.90. The third kappa shape index (κ3) is 2.49. The van der Waals surface area contributed by atoms with Crippen molar-refractivity contribution in [3.05, 3.63) is 47.4 Å². The first kappa shape index (κ1) is 12.2. The number of hydrogen-bond donors (Lipinski definition) is 2. The largest absolute Gasteiger partial charge is 0.420 e. The van der Waals surface area contributed by atoms with Crippen LogP contribution in [0.25, 0.3) is 10.6 Å². The maximum atomic E-state index is 12.9. The summed E-state index contributed by atoms with van der Waals surface area (Å²) in [6.45, 7) is 0. The smallest absolute Gasteiger partial charge is 0.255 e. The molecule has 1 aromatic carbocycles. The Bertz CT molecular complexity index is 632. The standard InChI is InChI=1S/C13H12FN3OS/c14-9-5-3-7(4-6-9)10(15)11(19)13-17-16-12(18-13)8-1-2-8/h3-6,8,19H,1-2,15H2/b11-10-. The average Bonchev–Trinajstić information content (AvgIpc) is 3.16. The first-order chi connectivity index (χ1) is 9.15. The molecule has 0 atom stereocenters. The van der Waals surface area contributed by atoms with Gasteiger partial charge >= 0.3 is 0 Å². The molecule has 0 saturated heterocycles. The molecule has 1 aliphatic carbocycles. The summed E-state index contributed by atoms with van der Waals surface area (Å²) in [6, 6.07) is 5.84. The average molecular weight is 277 g/mol. The molecule has 2 aromatic rings. The fourth-order valence-electron chi connectivity index (χ4n) is 1.71. The molecule has 1 heterocycles. The Morgan fingerprint density at radius 3 is 2.58 bits per heavy atom. The maximum Gasteiger partial charge on any atom is 0.255 e. The zero-order valence-electron chi connectivity index (χ0n) is 10.0. The number of halogens is 1. The first-order valence-corrected chi connectivity index (χ1v) is 6.38. The van der Waals surface area contributed by atoms with Gasteiger partial charge in [-0.3, -0.25) is 0 Å². The number of rotatable bonds is 3. The molecule has 0 bridgehead atoms. The summed E-state index contributed by atoms with van der Waals surface area (Å²) >= 11 is 4.32. The molecular weight excluding hydrogens is 265 g/mol. The summed E-state index contributed by atoms with van der Waals surface area (Å²) in [4.78, 5) is 0.408. The SMILES string of the molecule is N/C(=C(\S)c1nnc(C2CC2)o1)c1ccc(F)cc1. The Kier molecular flexibility index (Phi) is 3.02. The van der Waals surface area contributed by atoms with Gasteiger partial charge in [-0.15, -0.1) is 22.8 Å². The maximum absolute atomic E-state index is 12.9. The van der Waals surface area contributed by atoms with Crippen molar-refractivity contribution < 1.29 is 8.81 Å². The van der Waals surface area contributed by atoms with E-state index < -0.39 is 0 Å². The van der Waals surface area contributed by atoms with Crippen molar-refractivity contribution >= 4 is 23.2 Å². The van der Waals surface area contributed by atoms with Gasteiger partial charge in [-0.2, -0.15) is 0 Å². The molecule has 0 amide bonds. The predicted molar refractivity (Wildman–Crippen MR) is 72.7 cm³/mol. The van der Waals surface area contributed by atoms with Crippen molar-refractivity contribution in [3.8, 4) is 0 Å². The number of aromatic nitrogens is 2. The molecule has 4 nitrogen and oxygen atoms in total. The monoisotopic (exact) mass is 277 g/mol. The van der Waals surface area contributed by atoms with E-state index in [-0.39, 0.29) is 5.82 Å². The van der Waals surface area contributed by atoms with Crippen LogP contribution in [0, 0.1) is 5.82 Å². The van der Waals surface area contributed by atoms with Gasteiger partial charge in [-0.1, -0.05) is 0 Å². The Hall–Kier alpha value is -1.82. The van der Waals surface area contributed by atoms with Crippen LogP contribution in [0.5, 0.6) is 0 Å². The van der Waals surface area contributed by atoms with E-state index in [0.717, 1.165) is 12.8 Å². The minimum Gasteiger partial charge on any atom is -0.420 e. The quantitative estimate of drug-likeness (QED) is 0.847. The highest BCUT2D eigenvalue weighted by Crippen LogP contribution is 2.40. The van der Waals surface area contributed by atoms with Crippen LogP contribution < -0.4 is 5.73 Å². The molecule has 98 valence electrons. The van der Waals surface area contributed by atoms with Gasteiger partial charge in [-0.05, 0) is 42.7 Å². The second-order valence-electron chi connectivity index (χ2n) is 4.49. The topological polar surface area (TPSA) is 64.9 Å². The Balaban J connectivity index is 1.92. The molecule has 1 fully saturated rings. The lowest BCUT2D eigenvalue weighted by atomic mass is 10.1. The van der Waals surface area contributed by atoms with Gasteiger partial charge in [0.15, 0.2) is 0 Å². The minimum absolute atomic E-state index is 0.298. The number of nitrogens with two attached hydrogens (primary N) is 1. The van der Waals surface area contributed by atoms with Crippen LogP contribution in [0.15, 0.2) is 28.7 Å². The van der Waals surface area contributed by atoms with Crippen LogP contribution in [0.4, 0.5) is 4.39 Å². The number of benzene rings is 1. The van der Waals surface area contributed by atoms with Gasteiger partial charge in [0.25, 0.3) is 5.89 Å². The van der Waals surface area contributed by atoms with E-state index in [1.165, 1.54) is 12.1 Å². The summed E-state index contributed by atoms with van der Waals surface area (Å²) in [6.07, 6.45) is 2.17. The lowest BCUT2D eigenvalue weighted by Gasteiger charge is -2.03. The lowest BCUT2D eigenvalue weighted by Crippen LogP contribution is -1.99. The van der Waals surface area contributed by atoms with Crippen LogP contribution in [-0.2, 0) is 0 Å². The van der Waals surface area contributed by atoms with Crippen LogP contribution in [0.2, 0.25) is 0 Å². The minimum atomic E-state index is -0.314. The highest BCUT2D eigenvalue weighted by atomic mass is 32.1. The third-order valence-corrected chi connectivity index (χ3v) is 3.41. The summed E-state index contributed by atoms with van der Waals surface area (Å²) in [5, 5.41) is 7.91. The molecule has 0 aliphatic heterocycles. The molecule has 3 rings (SSSR count). The van der Waals surface area contributed by atoms with Gasteiger partial charge in [0.2, 0.25) is 5.89 Å². The molecule has 6 heteroatoms. The van der Waals surface area contributed by atoms with Crippen molar-refractivity contribution in [2.45, 2.75) is 18.8 Å². The fourth-order valence-corrected chi connectivity index (χ4v) is 1.93. The second kappa shape index (κ2) is 4.70. The van der Waals surface area contributed by atoms with Crippen molar-refractivity contribution in [1.29, 1.82) is 0 Å². The first-order valence-electron chi connectivity index (χ1n) is 5.93. The van der Waals surface area contributed by atoms with Crippen molar-refractivity contribution in [2.24, 2.45) is 5.73 Å². The van der Waals surface area contributed by atoms with E-state index in [1.807, 2.05) is 0 Å². The van der Waals surface area contributed by atoms with E-state index in [4.69, 9.17) is 10.2 Å². The van der Waals surface area contributed by atoms with Gasteiger partial charge in [0, 0.05) is 5.92 Å². The highest BCUT2D eigenvalue weighted by Gasteiger charge is 2.29. The summed E-state index contributed by atoms with van der Waals surface area (Å²) in [5.41, 5.74) is 7.02. The molecule has 0 spiro atoms. The van der Waals surface area contributed by atoms with Crippen LogP contribution in [-0.4, -0.2) is 10.2 Å². The van der Waals surface area contributed by atoms with E-state index in [9.17, 15) is 4.39 Å². The second-order valence-corrected chi connectivity index (χ2v) is 4.94. The van der Waals surface area contributed by atoms with Gasteiger partial charge < -0.3 is 10.2 Å². The lowest BCUT2D eigenvalue weighted by molar-refractivity contribution is 0.487. The summed E-state index contributed by atoms with van der Waals surface area (Å²) < 4.78 is 18.4. The molecule has 19 heavy (non-hydrogen) atoms. The zero-order chi connectivity index (χ0) is 13.4. The Morgan fingerprint density at radius 2 is 1.95 bits per heavy atom. The molecule has 0 radical (unpaired) electrons. The zero-order valence-corrected chi connectivity index (χ0v) is 10.9. The van der Waals surface area contributed by atoms with Crippen LogP contribution >= 0.6 is 12.6 Å². The molecule has 1 saturated carbocycles. The number of thiol groups is 1. The van der Waals surface area contributed by atoms with Gasteiger partial charge in [0.1, 0.15) is 5.82 Å². The number of hydrogen-bond acceptors (Lipinski definition) is 5. The van der Waals surface area contributed by atoms with Crippen molar-refractivity contribution in [2.75, 3.05) is 0 Å². The van der Waals surface area contributed by atoms with Gasteiger partial charge in [0.05, 0.1) is 10.6 Å². The van der Waals surface area contributed by atoms with E-state index >= 15 is 0 Å². The predicted octanol–water partition coefficient (Wildman–Crippen LogP) is 2.80. The fraction of sp³-hybridized carbons (Fsp3) is 0.231. The van der Waals surface area contributed by atoms with Crippen molar-refractivity contribution in [3.63, 3.8) is 0 Å². The molecule has 2 N–H and O–H groups in total. The van der Waals surface area contributed by atoms with Gasteiger partial charge in [-0.25, -0.2) is 4.39 Å². The van der Waals surface area contributed by atoms with E-state index in [1.54, 1.807) is 12.1 Å². The normalized spacial score (nSPS) is 16.3. The Labute approximate surface area is 114 Å². The molecule has 0 unspecified atom stereocenters. The van der Waals surface area contributed by atoms with Crippen LogP contribution in [0.3, 0.4) is 0 Å². The van der Waals surface area contributed by atoms with E-state index in [2.05, 4.69) is 22.8 Å². The molecule has 1 aromatic heterocycles. The molecular formula is C13H12FN3OS. The molecule has 1 aliphatic rings. The van der Waals surface area contributed by atoms with Crippen LogP contribution in [0.1, 0.15) is 36.1 Å². The summed E-state index contributed by atoms with van der Waals surface area (Å²) in [7, 11) is 0. The van der Waals surface area contributed by atoms with E-state index in [0.29, 0.717) is 33.9 Å². The third-order valence-electron chi connectivity index (χ3n) is 2.98. The number of nitrogens with zero attached hydrogens (tertiary/aromatic N) is 2. The summed E-state index contributed by atoms with van der Waals surface area (Å²) in [5.74, 6) is 1.00. The van der Waals surface area contributed by atoms with Crippen molar-refractivity contribution in [1.82, 2.24) is 10.2 Å². The Morgan fingerprint density at radius 1 is 1.26 bits per heavy atom.